The minimum absolute atomic E-state index is 0.00658. The Kier molecular flexibility index (Phi) is 12.5. The van der Waals surface area contributed by atoms with E-state index in [9.17, 15) is 15.0 Å². The Hall–Kier alpha value is -0.850. The number of fused-ring (bicyclic) bond motifs is 6. The molecule has 0 bridgehead atoms. The number of carbonyl (C=O) groups excluding carboxylic acids is 1. The number of nitrogens with two attached hydrogens (primary N) is 3. The molecule has 0 aromatic rings. The molecule has 8 aliphatic rings. The van der Waals surface area contributed by atoms with Crippen molar-refractivity contribution in [3.05, 3.63) is 0 Å². The van der Waals surface area contributed by atoms with Gasteiger partial charge in [0.15, 0.2) is 0 Å². The fourth-order valence-electron chi connectivity index (χ4n) is 14.6. The lowest BCUT2D eigenvalue weighted by Crippen LogP contribution is -2.95. The first kappa shape index (κ1) is 39.0. The number of ether oxygens (including phenoxy) is 4. The first-order valence-electron chi connectivity index (χ1n) is 22.4. The molecule has 0 aromatic heterocycles. The van der Waals surface area contributed by atoms with Crippen LogP contribution in [0.25, 0.3) is 0 Å². The third-order valence-electron chi connectivity index (χ3n) is 16.8. The molecule has 8 N–H and O–H groups in total. The summed E-state index contributed by atoms with van der Waals surface area (Å²) in [7, 11) is 1.86. The lowest BCUT2D eigenvalue weighted by atomic mass is 9.45. The van der Waals surface area contributed by atoms with Gasteiger partial charge in [-0.15, -0.1) is 0 Å². The van der Waals surface area contributed by atoms with Crippen LogP contribution in [0, 0.1) is 58.7 Å². The van der Waals surface area contributed by atoms with Crippen molar-refractivity contribution in [3.63, 3.8) is 0 Å². The van der Waals surface area contributed by atoms with E-state index in [1.165, 1.54) is 77.6 Å². The van der Waals surface area contributed by atoms with Crippen molar-refractivity contribution in [3.8, 4) is 0 Å². The Bertz CT molecular complexity index is 1210. The predicted molar refractivity (Wildman–Crippen MR) is 200 cm³/mol. The van der Waals surface area contributed by atoms with Crippen molar-refractivity contribution in [2.24, 2.45) is 64.4 Å². The zero-order chi connectivity index (χ0) is 36.7. The molecule has 0 amide bonds. The second-order valence-electron chi connectivity index (χ2n) is 19.8. The highest BCUT2D eigenvalue weighted by atomic mass is 16.5. The molecule has 6 aliphatic carbocycles. The highest BCUT2D eigenvalue weighted by molar-refractivity contribution is 5.65. The van der Waals surface area contributed by atoms with E-state index in [-0.39, 0.29) is 59.9 Å². The molecular formula is C43H75N3O7+2. The van der Waals surface area contributed by atoms with Gasteiger partial charge >= 0.3 is 5.97 Å². The summed E-state index contributed by atoms with van der Waals surface area (Å²) in [5.74, 6) is 4.06. The minimum atomic E-state index is -0.434. The summed E-state index contributed by atoms with van der Waals surface area (Å²) in [6, 6.07) is 0.736. The van der Waals surface area contributed by atoms with Crippen LogP contribution in [0.3, 0.4) is 0 Å². The highest BCUT2D eigenvalue weighted by Crippen LogP contribution is 2.68. The molecule has 8 rings (SSSR count). The van der Waals surface area contributed by atoms with Gasteiger partial charge in [-0.2, -0.15) is 0 Å². The lowest BCUT2D eigenvalue weighted by Gasteiger charge is -2.61. The monoisotopic (exact) mass is 746 g/mol. The van der Waals surface area contributed by atoms with Gasteiger partial charge in [-0.1, -0.05) is 0 Å². The fourth-order valence-corrected chi connectivity index (χ4v) is 14.6. The zero-order valence-electron chi connectivity index (χ0n) is 33.0. The van der Waals surface area contributed by atoms with E-state index < -0.39 is 6.10 Å². The van der Waals surface area contributed by atoms with Crippen molar-refractivity contribution in [1.82, 2.24) is 0 Å². The predicted octanol–water partition coefficient (Wildman–Crippen LogP) is 2.87. The van der Waals surface area contributed by atoms with Crippen LogP contribution in [0.1, 0.15) is 122 Å². The van der Waals surface area contributed by atoms with Crippen LogP contribution >= 0.6 is 0 Å². The quantitative estimate of drug-likeness (QED) is 0.160. The van der Waals surface area contributed by atoms with Gasteiger partial charge in [0.05, 0.1) is 69.0 Å². The number of quaternary nitrogens is 2. The SMILES string of the molecule is COC1CC(O)CC2CC3(CCC(CC4CCC(N)[NH2+]C4)C3)C3C(CCC4C(COC(C)=O)C(C5CCC(O)C(OCC[NH2+]C6CCCC6)C5)OC43)C21. The van der Waals surface area contributed by atoms with Gasteiger partial charge < -0.3 is 39.8 Å². The van der Waals surface area contributed by atoms with Crippen molar-refractivity contribution in [2.45, 2.75) is 171 Å². The van der Waals surface area contributed by atoms with Crippen LogP contribution in [0.4, 0.5) is 0 Å². The molecule has 302 valence electrons. The largest absolute Gasteiger partial charge is 0.465 e. The minimum Gasteiger partial charge on any atom is -0.465 e. The van der Waals surface area contributed by atoms with Crippen molar-refractivity contribution < 1.29 is 44.6 Å². The standard InChI is InChI=1S/C43H73N3O7/c1-25(47)52-24-34-32-9-10-33-39-29(18-31(48)20-37(39)50-2)22-43(14-13-26(21-43)17-27-7-12-38(44)46-23-27)40(33)42(32)53-41(34)28-8-11-35(49)36(19-28)51-16-15-45-30-5-3-4-6-30/h26-42,45-46,48-49H,3-24,44H2,1-2H3/p+2. The van der Waals surface area contributed by atoms with Crippen molar-refractivity contribution in [1.29, 1.82) is 0 Å². The maximum atomic E-state index is 12.3. The first-order valence-corrected chi connectivity index (χ1v) is 22.4. The second kappa shape index (κ2) is 16.9. The molecule has 0 radical (unpaired) electrons. The van der Waals surface area contributed by atoms with E-state index >= 15 is 0 Å². The van der Waals surface area contributed by atoms with Crippen LogP contribution in [0.5, 0.6) is 0 Å². The summed E-state index contributed by atoms with van der Waals surface area (Å²) in [6.45, 7) is 4.76. The summed E-state index contributed by atoms with van der Waals surface area (Å²) < 4.78 is 26.2. The third kappa shape index (κ3) is 8.28. The molecule has 17 unspecified atom stereocenters. The number of carbonyl (C=O) groups is 1. The molecule has 0 aromatic carbocycles. The molecule has 2 aliphatic heterocycles. The number of piperidine rings is 1. The van der Waals surface area contributed by atoms with E-state index in [1.807, 2.05) is 7.11 Å². The van der Waals surface area contributed by atoms with Crippen LogP contribution in [0.15, 0.2) is 0 Å². The van der Waals surface area contributed by atoms with E-state index in [2.05, 4.69) is 10.6 Å². The number of esters is 1. The molecule has 10 nitrogen and oxygen atoms in total. The number of aliphatic hydroxyl groups is 2. The Balaban J connectivity index is 1.03. The number of hydrogen-bond acceptors (Lipinski definition) is 8. The van der Waals surface area contributed by atoms with Crippen LogP contribution in [-0.2, 0) is 23.7 Å². The van der Waals surface area contributed by atoms with E-state index in [0.717, 1.165) is 75.9 Å². The van der Waals surface area contributed by atoms with E-state index in [4.69, 9.17) is 24.7 Å². The molecule has 8 fully saturated rings. The Morgan fingerprint density at radius 3 is 2.51 bits per heavy atom. The Morgan fingerprint density at radius 1 is 0.906 bits per heavy atom. The summed E-state index contributed by atoms with van der Waals surface area (Å²) >= 11 is 0. The number of rotatable bonds is 11. The lowest BCUT2D eigenvalue weighted by molar-refractivity contribution is -0.703. The molecule has 2 heterocycles. The van der Waals surface area contributed by atoms with Gasteiger partial charge in [-0.05, 0) is 156 Å². The van der Waals surface area contributed by atoms with Crippen molar-refractivity contribution in [2.75, 3.05) is 33.4 Å². The number of hydrogen-bond donors (Lipinski definition) is 5. The number of methoxy groups -OCH3 is 1. The van der Waals surface area contributed by atoms with Gasteiger partial charge in [-0.3, -0.25) is 10.5 Å². The first-order chi connectivity index (χ1) is 25.7. The zero-order valence-corrected chi connectivity index (χ0v) is 33.0. The normalized spacial score (nSPS) is 48.7. The van der Waals surface area contributed by atoms with Gasteiger partial charge in [0.1, 0.15) is 6.17 Å². The van der Waals surface area contributed by atoms with E-state index in [1.54, 1.807) is 0 Å². The topological polar surface area (TPSA) is 154 Å². The Morgan fingerprint density at radius 2 is 1.74 bits per heavy atom. The maximum absolute atomic E-state index is 12.3. The highest BCUT2D eigenvalue weighted by Gasteiger charge is 2.65. The molecule has 6 saturated carbocycles. The Labute approximate surface area is 319 Å². The summed E-state index contributed by atoms with van der Waals surface area (Å²) in [4.78, 5) is 12.3. The molecule has 2 saturated heterocycles. The van der Waals surface area contributed by atoms with Gasteiger partial charge in [0, 0.05) is 32.3 Å². The van der Waals surface area contributed by atoms with Gasteiger partial charge in [0.2, 0.25) is 0 Å². The molecule has 1 spiro atoms. The van der Waals surface area contributed by atoms with Crippen molar-refractivity contribution >= 4 is 5.97 Å². The maximum Gasteiger partial charge on any atom is 0.302 e. The fraction of sp³-hybridized carbons (Fsp3) is 0.977. The molecule has 53 heavy (non-hydrogen) atoms. The van der Waals surface area contributed by atoms with Gasteiger partial charge in [-0.25, -0.2) is 0 Å². The van der Waals surface area contributed by atoms with E-state index in [0.29, 0.717) is 42.8 Å². The second-order valence-corrected chi connectivity index (χ2v) is 19.8. The average Bonchev–Trinajstić information content (AvgIpc) is 3.90. The van der Waals surface area contributed by atoms with Crippen LogP contribution in [-0.4, -0.2) is 98.4 Å². The molecule has 10 heteroatoms. The third-order valence-corrected chi connectivity index (χ3v) is 16.8. The summed E-state index contributed by atoms with van der Waals surface area (Å²) in [5.41, 5.74) is 6.48. The summed E-state index contributed by atoms with van der Waals surface area (Å²) in [5, 5.41) is 27.1. The summed E-state index contributed by atoms with van der Waals surface area (Å²) in [6.07, 6.45) is 20.1. The van der Waals surface area contributed by atoms with Crippen LogP contribution in [0.2, 0.25) is 0 Å². The molecule has 17 atom stereocenters. The smallest absolute Gasteiger partial charge is 0.302 e. The molecular weight excluding hydrogens is 670 g/mol. The number of aliphatic hydroxyl groups excluding tert-OH is 2. The van der Waals surface area contributed by atoms with Crippen LogP contribution < -0.4 is 16.4 Å². The van der Waals surface area contributed by atoms with Gasteiger partial charge in [0.25, 0.3) is 0 Å². The average molecular weight is 746 g/mol.